The number of nitrogens with zero attached hydrogens (tertiary/aromatic N) is 3. The number of rotatable bonds is 6. The first-order valence-corrected chi connectivity index (χ1v) is 12.0. The number of aromatic amines is 1. The number of H-pyrrole nitrogens is 1. The summed E-state index contributed by atoms with van der Waals surface area (Å²) >= 11 is 0. The number of piperidine rings is 1. The van der Waals surface area contributed by atoms with E-state index in [4.69, 9.17) is 4.98 Å². The molecule has 1 fully saturated rings. The van der Waals surface area contributed by atoms with Crippen molar-refractivity contribution in [1.82, 2.24) is 24.8 Å². The Morgan fingerprint density at radius 3 is 2.59 bits per heavy atom. The van der Waals surface area contributed by atoms with E-state index in [2.05, 4.69) is 10.3 Å². The molecule has 1 atom stereocenters. The molecule has 3 aromatic rings. The molecule has 4 rings (SSSR count). The van der Waals surface area contributed by atoms with Crippen LogP contribution >= 0.6 is 0 Å². The van der Waals surface area contributed by atoms with E-state index < -0.39 is 11.3 Å². The Bertz CT molecular complexity index is 1220. The number of amides is 2. The van der Waals surface area contributed by atoms with Crippen LogP contribution < -0.4 is 10.7 Å². The first kappa shape index (κ1) is 23.7. The van der Waals surface area contributed by atoms with Gasteiger partial charge in [0.15, 0.2) is 0 Å². The lowest BCUT2D eigenvalue weighted by Crippen LogP contribution is -2.42. The molecule has 0 bridgehead atoms. The summed E-state index contributed by atoms with van der Waals surface area (Å²) in [5.74, 6) is 0.403. The van der Waals surface area contributed by atoms with Crippen molar-refractivity contribution >= 4 is 22.8 Å². The van der Waals surface area contributed by atoms with Crippen LogP contribution in [0.5, 0.6) is 0 Å². The van der Waals surface area contributed by atoms with Crippen LogP contribution in [-0.4, -0.2) is 50.9 Å². The smallest absolute Gasteiger partial charge is 0.259 e. The Kier molecular flexibility index (Phi) is 6.86. The molecule has 1 aromatic carbocycles. The van der Waals surface area contributed by atoms with Crippen LogP contribution in [0.4, 0.5) is 0 Å². The Balaban J connectivity index is 1.62. The van der Waals surface area contributed by atoms with Gasteiger partial charge in [-0.25, -0.2) is 4.98 Å². The van der Waals surface area contributed by atoms with E-state index in [1.807, 2.05) is 52.0 Å². The third-order valence-electron chi connectivity index (χ3n) is 6.29. The molecule has 0 radical (unpaired) electrons. The highest BCUT2D eigenvalue weighted by molar-refractivity contribution is 5.99. The number of hydrogen-bond donors (Lipinski definition) is 2. The molecule has 1 aliphatic heterocycles. The summed E-state index contributed by atoms with van der Waals surface area (Å²) in [6.45, 7) is 9.39. The van der Waals surface area contributed by atoms with Gasteiger partial charge in [-0.15, -0.1) is 0 Å². The van der Waals surface area contributed by atoms with Crippen LogP contribution in [0.15, 0.2) is 41.5 Å². The Labute approximate surface area is 199 Å². The molecule has 3 heterocycles. The number of imidazole rings is 1. The maximum absolute atomic E-state index is 13.5. The van der Waals surface area contributed by atoms with Gasteiger partial charge in [-0.3, -0.25) is 14.4 Å². The zero-order valence-corrected chi connectivity index (χ0v) is 20.3. The SMILES string of the molecule is CC(C)CNC(=O)c1cn(C(C)C)cc(C(=O)N2CCCC(c3nc4ccccc4[nH]3)C2)c1=O. The van der Waals surface area contributed by atoms with Gasteiger partial charge in [0.2, 0.25) is 5.43 Å². The lowest BCUT2D eigenvalue weighted by Gasteiger charge is -2.32. The number of pyridine rings is 1. The predicted molar refractivity (Wildman–Crippen MR) is 132 cm³/mol. The molecular weight excluding hydrogens is 430 g/mol. The fourth-order valence-corrected chi connectivity index (χ4v) is 4.32. The number of carbonyl (C=O) groups is 2. The summed E-state index contributed by atoms with van der Waals surface area (Å²) in [5, 5.41) is 2.80. The number of carbonyl (C=O) groups excluding carboxylic acids is 2. The minimum atomic E-state index is -0.519. The zero-order chi connectivity index (χ0) is 24.4. The average molecular weight is 464 g/mol. The van der Waals surface area contributed by atoms with E-state index in [9.17, 15) is 14.4 Å². The standard InChI is InChI=1S/C26H33N5O3/c1-16(2)12-27-25(33)19-14-31(17(3)4)15-20(23(19)32)26(34)30-11-7-8-18(13-30)24-28-21-9-5-6-10-22(21)29-24/h5-6,9-10,14-18H,7-8,11-13H2,1-4H3,(H,27,33)(H,28,29). The third-order valence-corrected chi connectivity index (χ3v) is 6.29. The first-order chi connectivity index (χ1) is 16.2. The number of aromatic nitrogens is 3. The number of para-hydroxylation sites is 2. The van der Waals surface area contributed by atoms with Gasteiger partial charge in [-0.2, -0.15) is 0 Å². The van der Waals surface area contributed by atoms with Crippen LogP contribution in [0.3, 0.4) is 0 Å². The van der Waals surface area contributed by atoms with Crippen molar-refractivity contribution in [2.75, 3.05) is 19.6 Å². The fourth-order valence-electron chi connectivity index (χ4n) is 4.32. The molecule has 8 heteroatoms. The molecule has 1 unspecified atom stereocenters. The number of benzene rings is 1. The molecule has 0 saturated carbocycles. The molecule has 34 heavy (non-hydrogen) atoms. The van der Waals surface area contributed by atoms with Crippen molar-refractivity contribution in [3.8, 4) is 0 Å². The van der Waals surface area contributed by atoms with Crippen LogP contribution in [0, 0.1) is 5.92 Å². The van der Waals surface area contributed by atoms with Gasteiger partial charge in [-0.05, 0) is 44.7 Å². The molecular formula is C26H33N5O3. The maximum atomic E-state index is 13.5. The highest BCUT2D eigenvalue weighted by atomic mass is 16.2. The number of fused-ring (bicyclic) bond motifs is 1. The Morgan fingerprint density at radius 2 is 1.88 bits per heavy atom. The van der Waals surface area contributed by atoms with Crippen molar-refractivity contribution in [3.05, 3.63) is 63.8 Å². The Hall–Kier alpha value is -3.42. The predicted octanol–water partition coefficient (Wildman–Crippen LogP) is 3.71. The fraction of sp³-hybridized carbons (Fsp3) is 0.462. The minimum absolute atomic E-state index is 0.00560. The highest BCUT2D eigenvalue weighted by Crippen LogP contribution is 2.27. The molecule has 180 valence electrons. The molecule has 2 aromatic heterocycles. The summed E-state index contributed by atoms with van der Waals surface area (Å²) in [6, 6.07) is 7.86. The van der Waals surface area contributed by atoms with Crippen LogP contribution in [0.25, 0.3) is 11.0 Å². The van der Waals surface area contributed by atoms with E-state index in [0.29, 0.717) is 19.6 Å². The summed E-state index contributed by atoms with van der Waals surface area (Å²) in [7, 11) is 0. The average Bonchev–Trinajstić information content (AvgIpc) is 3.26. The Morgan fingerprint density at radius 1 is 1.15 bits per heavy atom. The van der Waals surface area contributed by atoms with Crippen molar-refractivity contribution in [1.29, 1.82) is 0 Å². The van der Waals surface area contributed by atoms with Gasteiger partial charge in [0, 0.05) is 44.0 Å². The molecule has 2 N–H and O–H groups in total. The maximum Gasteiger partial charge on any atom is 0.259 e. The summed E-state index contributed by atoms with van der Waals surface area (Å²) in [4.78, 5) is 49.4. The van der Waals surface area contributed by atoms with Gasteiger partial charge in [0.1, 0.15) is 17.0 Å². The van der Waals surface area contributed by atoms with Gasteiger partial charge >= 0.3 is 0 Å². The topological polar surface area (TPSA) is 100 Å². The van der Waals surface area contributed by atoms with Gasteiger partial charge in [0.05, 0.1) is 11.0 Å². The van der Waals surface area contributed by atoms with Gasteiger partial charge < -0.3 is 19.8 Å². The summed E-state index contributed by atoms with van der Waals surface area (Å²) in [5.41, 5.74) is 1.40. The lowest BCUT2D eigenvalue weighted by molar-refractivity contribution is 0.0702. The molecule has 0 spiro atoms. The first-order valence-electron chi connectivity index (χ1n) is 12.0. The van der Waals surface area contributed by atoms with Gasteiger partial charge in [-0.1, -0.05) is 26.0 Å². The summed E-state index contributed by atoms with van der Waals surface area (Å²) in [6.07, 6.45) is 4.87. The molecule has 2 amide bonds. The van der Waals surface area contributed by atoms with Crippen molar-refractivity contribution in [2.45, 2.75) is 52.5 Å². The second-order valence-electron chi connectivity index (χ2n) is 9.79. The lowest BCUT2D eigenvalue weighted by atomic mass is 9.96. The third kappa shape index (κ3) is 4.90. The zero-order valence-electron chi connectivity index (χ0n) is 20.3. The molecule has 8 nitrogen and oxygen atoms in total. The molecule has 1 aliphatic rings. The minimum Gasteiger partial charge on any atom is -0.352 e. The van der Waals surface area contributed by atoms with Gasteiger partial charge in [0.25, 0.3) is 11.8 Å². The number of hydrogen-bond acceptors (Lipinski definition) is 4. The van der Waals surface area contributed by atoms with Crippen LogP contribution in [0.2, 0.25) is 0 Å². The highest BCUT2D eigenvalue weighted by Gasteiger charge is 2.30. The number of likely N-dealkylation sites (tertiary alicyclic amines) is 1. The van der Waals surface area contributed by atoms with E-state index >= 15 is 0 Å². The van der Waals surface area contributed by atoms with Crippen LogP contribution in [0.1, 0.15) is 79.0 Å². The van der Waals surface area contributed by atoms with Crippen LogP contribution in [-0.2, 0) is 0 Å². The second-order valence-corrected chi connectivity index (χ2v) is 9.79. The van der Waals surface area contributed by atoms with E-state index in [1.54, 1.807) is 21.9 Å². The largest absolute Gasteiger partial charge is 0.352 e. The quantitative estimate of drug-likeness (QED) is 0.582. The van der Waals surface area contributed by atoms with E-state index in [0.717, 1.165) is 29.7 Å². The van der Waals surface area contributed by atoms with E-state index in [1.165, 1.54) is 0 Å². The van der Waals surface area contributed by atoms with Crippen molar-refractivity contribution < 1.29 is 9.59 Å². The van der Waals surface area contributed by atoms with Crippen molar-refractivity contribution in [2.24, 2.45) is 5.92 Å². The number of nitrogens with one attached hydrogen (secondary N) is 2. The van der Waals surface area contributed by atoms with E-state index in [-0.39, 0.29) is 34.9 Å². The second kappa shape index (κ2) is 9.83. The monoisotopic (exact) mass is 463 g/mol. The van der Waals surface area contributed by atoms with Crippen molar-refractivity contribution in [3.63, 3.8) is 0 Å². The molecule has 0 aliphatic carbocycles. The normalized spacial score (nSPS) is 16.4. The summed E-state index contributed by atoms with van der Waals surface area (Å²) < 4.78 is 1.76. The molecule has 1 saturated heterocycles.